The molecule has 0 aliphatic rings. The van der Waals surface area contributed by atoms with Crippen molar-refractivity contribution < 1.29 is 9.18 Å². The fraction of sp³-hybridized carbons (Fsp3) is 0.316. The van der Waals surface area contributed by atoms with Gasteiger partial charge in [-0.15, -0.1) is 11.8 Å². The lowest BCUT2D eigenvalue weighted by Gasteiger charge is -2.07. The first-order valence-corrected chi connectivity index (χ1v) is 8.74. The predicted molar refractivity (Wildman–Crippen MR) is 94.4 cm³/mol. The van der Waals surface area contributed by atoms with Crippen LogP contribution in [0.25, 0.3) is 0 Å². The number of thioether (sulfide) groups is 1. The molecule has 0 spiro atoms. The standard InChI is InChI=1S/C19H22FNOS/c1-14-6-8-18(12-15(14)2)23-11-10-21-19(22)9-7-16-4-3-5-17(20)13-16/h3-6,8,12-13H,7,9-11H2,1-2H3,(H,21,22). The SMILES string of the molecule is Cc1ccc(SCCNC(=O)CCc2cccc(F)c2)cc1C. The second-order valence-corrected chi connectivity index (χ2v) is 6.74. The van der Waals surface area contributed by atoms with Gasteiger partial charge < -0.3 is 5.32 Å². The van der Waals surface area contributed by atoms with E-state index in [1.165, 1.54) is 28.2 Å². The lowest BCUT2D eigenvalue weighted by atomic mass is 10.1. The molecule has 122 valence electrons. The van der Waals surface area contributed by atoms with Gasteiger partial charge in [-0.3, -0.25) is 4.79 Å². The molecule has 0 saturated carbocycles. The zero-order valence-corrected chi connectivity index (χ0v) is 14.4. The topological polar surface area (TPSA) is 29.1 Å². The third-order valence-corrected chi connectivity index (χ3v) is 4.70. The molecule has 2 aromatic rings. The van der Waals surface area contributed by atoms with Crippen LogP contribution >= 0.6 is 11.8 Å². The van der Waals surface area contributed by atoms with Crippen LogP contribution in [0, 0.1) is 19.7 Å². The number of nitrogens with one attached hydrogen (secondary N) is 1. The summed E-state index contributed by atoms with van der Waals surface area (Å²) in [5.41, 5.74) is 3.43. The third-order valence-electron chi connectivity index (χ3n) is 3.70. The first-order chi connectivity index (χ1) is 11.0. The Kier molecular flexibility index (Phi) is 6.66. The quantitative estimate of drug-likeness (QED) is 0.606. The number of hydrogen-bond donors (Lipinski definition) is 1. The van der Waals surface area contributed by atoms with E-state index in [0.29, 0.717) is 19.4 Å². The van der Waals surface area contributed by atoms with Crippen molar-refractivity contribution in [3.63, 3.8) is 0 Å². The molecule has 2 nitrogen and oxygen atoms in total. The highest BCUT2D eigenvalue weighted by Crippen LogP contribution is 2.20. The lowest BCUT2D eigenvalue weighted by molar-refractivity contribution is -0.120. The summed E-state index contributed by atoms with van der Waals surface area (Å²) in [6.45, 7) is 4.84. The number of carbonyl (C=O) groups is 1. The zero-order valence-electron chi connectivity index (χ0n) is 13.6. The van der Waals surface area contributed by atoms with Crippen LogP contribution in [-0.2, 0) is 11.2 Å². The normalized spacial score (nSPS) is 10.6. The van der Waals surface area contributed by atoms with E-state index in [9.17, 15) is 9.18 Å². The van der Waals surface area contributed by atoms with Crippen molar-refractivity contribution in [2.24, 2.45) is 0 Å². The number of halogens is 1. The number of carbonyl (C=O) groups excluding carboxylic acids is 1. The molecule has 0 unspecified atom stereocenters. The minimum Gasteiger partial charge on any atom is -0.355 e. The van der Waals surface area contributed by atoms with E-state index in [4.69, 9.17) is 0 Å². The van der Waals surface area contributed by atoms with Gasteiger partial charge in [-0.2, -0.15) is 0 Å². The van der Waals surface area contributed by atoms with Crippen LogP contribution in [0.1, 0.15) is 23.1 Å². The maximum atomic E-state index is 13.1. The molecule has 0 bridgehead atoms. The molecule has 0 aliphatic heterocycles. The number of aryl methyl sites for hydroxylation is 3. The molecule has 0 fully saturated rings. The molecule has 2 aromatic carbocycles. The van der Waals surface area contributed by atoms with Crippen molar-refractivity contribution in [2.45, 2.75) is 31.6 Å². The van der Waals surface area contributed by atoms with E-state index in [0.717, 1.165) is 11.3 Å². The molecular formula is C19H22FNOS. The second kappa shape index (κ2) is 8.73. The Bertz CT molecular complexity index is 672. The summed E-state index contributed by atoms with van der Waals surface area (Å²) >= 11 is 1.74. The zero-order chi connectivity index (χ0) is 16.7. The van der Waals surface area contributed by atoms with E-state index >= 15 is 0 Å². The van der Waals surface area contributed by atoms with Crippen LogP contribution in [0.2, 0.25) is 0 Å². The Morgan fingerprint density at radius 3 is 2.70 bits per heavy atom. The molecule has 4 heteroatoms. The molecule has 2 rings (SSSR count). The summed E-state index contributed by atoms with van der Waals surface area (Å²) < 4.78 is 13.1. The van der Waals surface area contributed by atoms with Gasteiger partial charge >= 0.3 is 0 Å². The maximum Gasteiger partial charge on any atom is 0.220 e. The Morgan fingerprint density at radius 2 is 1.96 bits per heavy atom. The minimum absolute atomic E-state index is 0.00921. The van der Waals surface area contributed by atoms with Gasteiger partial charge in [0, 0.05) is 23.6 Å². The van der Waals surface area contributed by atoms with Crippen LogP contribution in [-0.4, -0.2) is 18.2 Å². The summed E-state index contributed by atoms with van der Waals surface area (Å²) in [5.74, 6) is 0.594. The molecule has 1 N–H and O–H groups in total. The fourth-order valence-electron chi connectivity index (χ4n) is 2.20. The van der Waals surface area contributed by atoms with Crippen LogP contribution < -0.4 is 5.32 Å². The van der Waals surface area contributed by atoms with Crippen molar-refractivity contribution >= 4 is 17.7 Å². The van der Waals surface area contributed by atoms with Crippen LogP contribution in [0.15, 0.2) is 47.4 Å². The van der Waals surface area contributed by atoms with E-state index in [1.54, 1.807) is 17.8 Å². The van der Waals surface area contributed by atoms with Gasteiger partial charge in [0.2, 0.25) is 5.91 Å². The van der Waals surface area contributed by atoms with Crippen molar-refractivity contribution in [3.05, 3.63) is 65.0 Å². The van der Waals surface area contributed by atoms with Gasteiger partial charge in [0.05, 0.1) is 0 Å². The number of hydrogen-bond acceptors (Lipinski definition) is 2. The lowest BCUT2D eigenvalue weighted by Crippen LogP contribution is -2.25. The smallest absolute Gasteiger partial charge is 0.220 e. The Labute approximate surface area is 141 Å². The highest BCUT2D eigenvalue weighted by Gasteiger charge is 2.03. The van der Waals surface area contributed by atoms with E-state index in [1.807, 2.05) is 6.07 Å². The highest BCUT2D eigenvalue weighted by atomic mass is 32.2. The van der Waals surface area contributed by atoms with Crippen molar-refractivity contribution in [2.75, 3.05) is 12.3 Å². The van der Waals surface area contributed by atoms with Crippen LogP contribution in [0.3, 0.4) is 0 Å². The Morgan fingerprint density at radius 1 is 1.13 bits per heavy atom. The van der Waals surface area contributed by atoms with E-state index in [-0.39, 0.29) is 11.7 Å². The van der Waals surface area contributed by atoms with Gasteiger partial charge in [-0.25, -0.2) is 4.39 Å². The van der Waals surface area contributed by atoms with Crippen molar-refractivity contribution in [3.8, 4) is 0 Å². The molecule has 0 atom stereocenters. The molecular weight excluding hydrogens is 309 g/mol. The number of rotatable bonds is 7. The molecule has 0 heterocycles. The number of benzene rings is 2. The molecule has 0 aliphatic carbocycles. The van der Waals surface area contributed by atoms with Crippen LogP contribution in [0.4, 0.5) is 4.39 Å². The van der Waals surface area contributed by atoms with Gasteiger partial charge in [-0.05, 0) is 61.2 Å². The monoisotopic (exact) mass is 331 g/mol. The van der Waals surface area contributed by atoms with E-state index < -0.39 is 0 Å². The summed E-state index contributed by atoms with van der Waals surface area (Å²) in [4.78, 5) is 13.0. The van der Waals surface area contributed by atoms with Gasteiger partial charge in [0.25, 0.3) is 0 Å². The Balaban J connectivity index is 1.65. The van der Waals surface area contributed by atoms with Crippen molar-refractivity contribution in [1.29, 1.82) is 0 Å². The average molecular weight is 331 g/mol. The van der Waals surface area contributed by atoms with E-state index in [2.05, 4.69) is 37.4 Å². The third kappa shape index (κ3) is 6.06. The predicted octanol–water partition coefficient (Wildman–Crippen LogP) is 4.28. The molecule has 0 radical (unpaired) electrons. The molecule has 1 amide bonds. The highest BCUT2D eigenvalue weighted by molar-refractivity contribution is 7.99. The second-order valence-electron chi connectivity index (χ2n) is 5.57. The van der Waals surface area contributed by atoms with Crippen molar-refractivity contribution in [1.82, 2.24) is 5.32 Å². The van der Waals surface area contributed by atoms with Gasteiger partial charge in [0.1, 0.15) is 5.82 Å². The first-order valence-electron chi connectivity index (χ1n) is 7.76. The minimum atomic E-state index is -0.257. The summed E-state index contributed by atoms with van der Waals surface area (Å²) in [5, 5.41) is 2.91. The summed E-state index contributed by atoms with van der Waals surface area (Å²) in [7, 11) is 0. The van der Waals surface area contributed by atoms with Gasteiger partial charge in [0.15, 0.2) is 0 Å². The first kappa shape index (κ1) is 17.5. The average Bonchev–Trinajstić information content (AvgIpc) is 2.53. The Hall–Kier alpha value is -1.81. The molecule has 23 heavy (non-hydrogen) atoms. The summed E-state index contributed by atoms with van der Waals surface area (Å²) in [6.07, 6.45) is 0.950. The molecule has 0 aromatic heterocycles. The molecule has 0 saturated heterocycles. The summed E-state index contributed by atoms with van der Waals surface area (Å²) in [6, 6.07) is 12.8. The largest absolute Gasteiger partial charge is 0.355 e. The number of amides is 1. The van der Waals surface area contributed by atoms with Gasteiger partial charge in [-0.1, -0.05) is 18.2 Å². The fourth-order valence-corrected chi connectivity index (χ4v) is 3.07. The van der Waals surface area contributed by atoms with Crippen LogP contribution in [0.5, 0.6) is 0 Å². The maximum absolute atomic E-state index is 13.1.